The number of ketones is 1. The molecule has 0 amide bonds. The molecule has 2 atom stereocenters. The van der Waals surface area contributed by atoms with Crippen LogP contribution < -0.4 is 0 Å². The van der Waals surface area contributed by atoms with Gasteiger partial charge in [0.25, 0.3) is 0 Å². The molecule has 20 heavy (non-hydrogen) atoms. The van der Waals surface area contributed by atoms with Crippen LogP contribution in [0.15, 0.2) is 24.3 Å². The van der Waals surface area contributed by atoms with Crippen LogP contribution in [0.1, 0.15) is 51.2 Å². The summed E-state index contributed by atoms with van der Waals surface area (Å²) in [5.41, 5.74) is 2.50. The number of nitrogens with one attached hydrogen (secondary N) is 1. The smallest absolute Gasteiger partial charge is 0.139 e. The maximum Gasteiger partial charge on any atom is 0.139 e. The van der Waals surface area contributed by atoms with E-state index in [1.807, 2.05) is 31.2 Å². The van der Waals surface area contributed by atoms with Gasteiger partial charge >= 0.3 is 0 Å². The van der Waals surface area contributed by atoms with Gasteiger partial charge in [-0.2, -0.15) is 0 Å². The fourth-order valence-electron chi connectivity index (χ4n) is 3.56. The third-order valence-electron chi connectivity index (χ3n) is 5.73. The van der Waals surface area contributed by atoms with Crippen molar-refractivity contribution in [3.8, 4) is 0 Å². The molecule has 2 aliphatic carbocycles. The van der Waals surface area contributed by atoms with Crippen LogP contribution in [0.5, 0.6) is 0 Å². The number of carbonyl (C=O) groups is 1. The highest BCUT2D eigenvalue weighted by Gasteiger charge is 2.61. The number of Topliss-reactive ketones (excluding diaryl/α,β-unsaturated/α-hetero) is 1. The topological polar surface area (TPSA) is 40.9 Å². The third kappa shape index (κ3) is 2.32. The fourth-order valence-corrected chi connectivity index (χ4v) is 3.56. The Hall–Kier alpha value is -1.44. The minimum atomic E-state index is 0.0255. The molecular weight excluding hydrogens is 246 g/mol. The molecule has 2 saturated carbocycles. The van der Waals surface area contributed by atoms with Gasteiger partial charge < -0.3 is 5.41 Å². The van der Waals surface area contributed by atoms with Gasteiger partial charge in [0, 0.05) is 18.1 Å². The van der Waals surface area contributed by atoms with E-state index in [1.165, 1.54) is 18.2 Å². The van der Waals surface area contributed by atoms with E-state index in [4.69, 9.17) is 5.41 Å². The lowest BCUT2D eigenvalue weighted by molar-refractivity contribution is -0.128. The molecule has 3 rings (SSSR count). The summed E-state index contributed by atoms with van der Waals surface area (Å²) in [7, 11) is 0. The number of carbonyl (C=O) groups excluding carboxylic acids is 1. The monoisotopic (exact) mass is 271 g/mol. The summed E-state index contributed by atoms with van der Waals surface area (Å²) in [6, 6.07) is 7.87. The maximum absolute atomic E-state index is 11.6. The van der Waals surface area contributed by atoms with Crippen LogP contribution in [0.25, 0.3) is 0 Å². The quantitative estimate of drug-likeness (QED) is 0.756. The van der Waals surface area contributed by atoms with Gasteiger partial charge in [-0.3, -0.25) is 4.79 Å². The average molecular weight is 271 g/mol. The molecule has 0 spiro atoms. The Morgan fingerprint density at radius 3 is 2.10 bits per heavy atom. The van der Waals surface area contributed by atoms with Crippen LogP contribution in [-0.2, 0) is 4.79 Å². The maximum atomic E-state index is 11.6. The van der Waals surface area contributed by atoms with E-state index in [9.17, 15) is 4.79 Å². The molecule has 1 aromatic rings. The van der Waals surface area contributed by atoms with Gasteiger partial charge in [-0.05, 0) is 36.7 Å². The zero-order valence-corrected chi connectivity index (χ0v) is 13.0. The fraction of sp³-hybridized carbons (Fsp3) is 0.556. The summed E-state index contributed by atoms with van der Waals surface area (Å²) in [6.07, 6.45) is 4.60. The molecular formula is C18H25NO. The Balaban J connectivity index is 0.000000151. The molecule has 2 aliphatic rings. The average Bonchev–Trinajstić information content (AvgIpc) is 2.73. The van der Waals surface area contributed by atoms with Gasteiger partial charge in [-0.15, -0.1) is 0 Å². The first-order valence-corrected chi connectivity index (χ1v) is 7.42. The minimum Gasteiger partial charge on any atom is -0.308 e. The zero-order valence-electron chi connectivity index (χ0n) is 13.0. The first-order valence-electron chi connectivity index (χ1n) is 7.42. The molecule has 0 saturated heterocycles. The number of aryl methyl sites for hydroxylation is 1. The van der Waals surface area contributed by atoms with Crippen molar-refractivity contribution < 1.29 is 4.79 Å². The number of benzene rings is 1. The highest BCUT2D eigenvalue weighted by Crippen LogP contribution is 2.63. The number of hydrogen-bond donors (Lipinski definition) is 1. The second kappa shape index (κ2) is 5.16. The Kier molecular flexibility index (Phi) is 3.86. The summed E-state index contributed by atoms with van der Waals surface area (Å²) < 4.78 is 0. The van der Waals surface area contributed by atoms with Gasteiger partial charge in [0.15, 0.2) is 0 Å². The van der Waals surface area contributed by atoms with Crippen molar-refractivity contribution in [2.75, 3.05) is 0 Å². The second-order valence-electron chi connectivity index (χ2n) is 6.97. The highest BCUT2D eigenvalue weighted by molar-refractivity contribution is 5.89. The van der Waals surface area contributed by atoms with Crippen molar-refractivity contribution in [2.24, 2.45) is 16.7 Å². The number of rotatable bonds is 1. The first kappa shape index (κ1) is 15.0. The lowest BCUT2D eigenvalue weighted by Crippen LogP contribution is -2.32. The zero-order chi connectivity index (χ0) is 15.0. The molecule has 1 aromatic carbocycles. The van der Waals surface area contributed by atoms with Crippen LogP contribution >= 0.6 is 0 Å². The predicted molar refractivity (Wildman–Crippen MR) is 83.3 cm³/mol. The molecule has 0 radical (unpaired) electrons. The van der Waals surface area contributed by atoms with Crippen LogP contribution in [0.3, 0.4) is 0 Å². The van der Waals surface area contributed by atoms with Crippen molar-refractivity contribution in [2.45, 2.75) is 47.0 Å². The van der Waals surface area contributed by atoms with Crippen LogP contribution in [0.4, 0.5) is 0 Å². The van der Waals surface area contributed by atoms with E-state index < -0.39 is 0 Å². The summed E-state index contributed by atoms with van der Waals surface area (Å²) in [6.45, 7) is 8.71. The second-order valence-corrected chi connectivity index (χ2v) is 6.97. The molecule has 108 valence electrons. The molecule has 0 aromatic heterocycles. The van der Waals surface area contributed by atoms with E-state index in [2.05, 4.69) is 20.8 Å². The Morgan fingerprint density at radius 1 is 1.20 bits per heavy atom. The van der Waals surface area contributed by atoms with E-state index in [-0.39, 0.29) is 10.8 Å². The van der Waals surface area contributed by atoms with E-state index in [0.29, 0.717) is 11.7 Å². The standard InChI is InChI=1S/C10H16O.C8H9N/c1-9(2)7-4-5-10(9,3)8(11)6-7;1-7-2-4-8(6-9)5-3-7/h7H,4-6H2,1-3H3;2-6,9H,1H3. The van der Waals surface area contributed by atoms with Gasteiger partial charge in [-0.1, -0.05) is 50.6 Å². The molecule has 1 N–H and O–H groups in total. The summed E-state index contributed by atoms with van der Waals surface area (Å²) >= 11 is 0. The summed E-state index contributed by atoms with van der Waals surface area (Å²) in [5.74, 6) is 1.19. The van der Waals surface area contributed by atoms with Gasteiger partial charge in [0.2, 0.25) is 0 Å². The van der Waals surface area contributed by atoms with E-state index in [1.54, 1.807) is 0 Å². The lowest BCUT2D eigenvalue weighted by Gasteiger charge is -2.32. The number of fused-ring (bicyclic) bond motifs is 2. The SMILES string of the molecule is CC12CCC(CC1=O)C2(C)C.Cc1ccc(C=N)cc1. The molecule has 0 aliphatic heterocycles. The van der Waals surface area contributed by atoms with E-state index >= 15 is 0 Å². The van der Waals surface area contributed by atoms with Crippen molar-refractivity contribution in [1.29, 1.82) is 5.41 Å². The molecule has 2 unspecified atom stereocenters. The van der Waals surface area contributed by atoms with E-state index in [0.717, 1.165) is 18.4 Å². The van der Waals surface area contributed by atoms with Crippen molar-refractivity contribution in [1.82, 2.24) is 0 Å². The van der Waals surface area contributed by atoms with Crippen molar-refractivity contribution >= 4 is 12.0 Å². The minimum absolute atomic E-state index is 0.0255. The molecule has 2 fully saturated rings. The van der Waals surface area contributed by atoms with Crippen LogP contribution in [0, 0.1) is 29.1 Å². The Labute approximate surface area is 122 Å². The molecule has 2 nitrogen and oxygen atoms in total. The number of hydrogen-bond acceptors (Lipinski definition) is 2. The van der Waals surface area contributed by atoms with Gasteiger partial charge in [0.1, 0.15) is 5.78 Å². The largest absolute Gasteiger partial charge is 0.308 e. The van der Waals surface area contributed by atoms with Crippen molar-refractivity contribution in [3.05, 3.63) is 35.4 Å². The van der Waals surface area contributed by atoms with Crippen LogP contribution in [0.2, 0.25) is 0 Å². The molecule has 0 heterocycles. The lowest BCUT2D eigenvalue weighted by atomic mass is 9.70. The molecule has 2 bridgehead atoms. The van der Waals surface area contributed by atoms with Gasteiger partial charge in [-0.25, -0.2) is 0 Å². The first-order chi connectivity index (χ1) is 9.31. The Bertz CT molecular complexity index is 515. The Morgan fingerprint density at radius 2 is 1.80 bits per heavy atom. The summed E-state index contributed by atoms with van der Waals surface area (Å²) in [4.78, 5) is 11.6. The predicted octanol–water partition coefficient (Wildman–Crippen LogP) is 4.39. The van der Waals surface area contributed by atoms with Gasteiger partial charge in [0.05, 0.1) is 0 Å². The summed E-state index contributed by atoms with van der Waals surface area (Å²) in [5, 5.41) is 6.89. The highest BCUT2D eigenvalue weighted by atomic mass is 16.1. The van der Waals surface area contributed by atoms with Crippen LogP contribution in [-0.4, -0.2) is 12.0 Å². The normalized spacial score (nSPS) is 29.8. The molecule has 2 heteroatoms. The third-order valence-corrected chi connectivity index (χ3v) is 5.73. The van der Waals surface area contributed by atoms with Crippen molar-refractivity contribution in [3.63, 3.8) is 0 Å².